The minimum absolute atomic E-state index is 0.139. The van der Waals surface area contributed by atoms with Crippen LogP contribution >= 0.6 is 11.3 Å². The van der Waals surface area contributed by atoms with Crippen molar-refractivity contribution in [3.05, 3.63) is 15.8 Å². The van der Waals surface area contributed by atoms with E-state index in [1.807, 2.05) is 13.8 Å². The van der Waals surface area contributed by atoms with E-state index in [1.54, 1.807) is 6.07 Å². The van der Waals surface area contributed by atoms with Gasteiger partial charge in [0.15, 0.2) is 0 Å². The first kappa shape index (κ1) is 15.9. The number of hydrogen-bond donors (Lipinski definition) is 2. The lowest BCUT2D eigenvalue weighted by Crippen LogP contribution is -2.45. The highest BCUT2D eigenvalue weighted by Gasteiger charge is 2.28. The molecule has 1 aliphatic rings. The Bertz CT molecular complexity index is 546. The Morgan fingerprint density at radius 2 is 2.00 bits per heavy atom. The molecule has 2 rings (SSSR count). The molecule has 1 fully saturated rings. The van der Waals surface area contributed by atoms with Gasteiger partial charge in [0.05, 0.1) is 4.90 Å². The van der Waals surface area contributed by atoms with Crippen LogP contribution in [-0.2, 0) is 10.0 Å². The molecule has 6 heteroatoms. The van der Waals surface area contributed by atoms with E-state index in [2.05, 4.69) is 4.72 Å². The molecule has 1 atom stereocenters. The second-order valence-electron chi connectivity index (χ2n) is 5.64. The number of aryl methyl sites for hydroxylation is 2. The zero-order chi connectivity index (χ0) is 14.8. The third-order valence-electron chi connectivity index (χ3n) is 4.06. The van der Waals surface area contributed by atoms with Gasteiger partial charge in [-0.15, -0.1) is 11.3 Å². The van der Waals surface area contributed by atoms with Gasteiger partial charge in [-0.05, 0) is 38.7 Å². The predicted molar refractivity (Wildman–Crippen MR) is 83.5 cm³/mol. The number of sulfonamides is 1. The first-order chi connectivity index (χ1) is 9.44. The number of hydrogen-bond acceptors (Lipinski definition) is 4. The number of rotatable bonds is 5. The lowest BCUT2D eigenvalue weighted by molar-refractivity contribution is 0.294. The molecular weight excluding hydrogens is 292 g/mol. The molecule has 1 aromatic rings. The molecule has 4 nitrogen and oxygen atoms in total. The average molecular weight is 316 g/mol. The third kappa shape index (κ3) is 3.61. The fourth-order valence-electron chi connectivity index (χ4n) is 3.01. The normalized spacial score (nSPS) is 19.1. The molecular formula is C14H24N2O2S2. The highest BCUT2D eigenvalue weighted by atomic mass is 32.2. The van der Waals surface area contributed by atoms with Gasteiger partial charge in [0.1, 0.15) is 0 Å². The molecule has 0 spiro atoms. The van der Waals surface area contributed by atoms with Crippen molar-refractivity contribution < 1.29 is 8.42 Å². The number of nitrogens with one attached hydrogen (secondary N) is 1. The summed E-state index contributed by atoms with van der Waals surface area (Å²) in [4.78, 5) is 2.27. The maximum absolute atomic E-state index is 12.5. The maximum atomic E-state index is 12.5. The van der Waals surface area contributed by atoms with Gasteiger partial charge in [-0.1, -0.05) is 19.3 Å². The molecule has 1 aliphatic carbocycles. The standard InChI is InChI=1S/C14H24N2O2S2/c1-10-8-14(11(2)19-10)20(17,18)16-13(9-15)12-6-4-3-5-7-12/h8,12-13,16H,3-7,9,15H2,1-2H3. The van der Waals surface area contributed by atoms with Gasteiger partial charge in [0.2, 0.25) is 10.0 Å². The Balaban J connectivity index is 2.15. The fraction of sp³-hybridized carbons (Fsp3) is 0.714. The van der Waals surface area contributed by atoms with E-state index in [4.69, 9.17) is 5.73 Å². The molecule has 1 saturated carbocycles. The predicted octanol–water partition coefficient (Wildman–Crippen LogP) is 2.55. The largest absolute Gasteiger partial charge is 0.329 e. The van der Waals surface area contributed by atoms with Crippen LogP contribution in [0.1, 0.15) is 41.9 Å². The van der Waals surface area contributed by atoms with Crippen LogP contribution in [0.4, 0.5) is 0 Å². The molecule has 114 valence electrons. The van der Waals surface area contributed by atoms with Gasteiger partial charge in [0.25, 0.3) is 0 Å². The Morgan fingerprint density at radius 3 is 2.50 bits per heavy atom. The van der Waals surface area contributed by atoms with Crippen molar-refractivity contribution in [2.45, 2.75) is 56.9 Å². The van der Waals surface area contributed by atoms with Gasteiger partial charge in [-0.3, -0.25) is 0 Å². The quantitative estimate of drug-likeness (QED) is 0.877. The summed E-state index contributed by atoms with van der Waals surface area (Å²) < 4.78 is 27.9. The molecule has 0 bridgehead atoms. The third-order valence-corrected chi connectivity index (χ3v) is 6.78. The van der Waals surface area contributed by atoms with Crippen LogP contribution in [0.3, 0.4) is 0 Å². The summed E-state index contributed by atoms with van der Waals surface area (Å²) in [7, 11) is -3.45. The highest BCUT2D eigenvalue weighted by Crippen LogP contribution is 2.29. The Morgan fingerprint density at radius 1 is 1.35 bits per heavy atom. The van der Waals surface area contributed by atoms with Gasteiger partial charge in [-0.2, -0.15) is 0 Å². The van der Waals surface area contributed by atoms with Crippen LogP contribution in [0.2, 0.25) is 0 Å². The van der Waals surface area contributed by atoms with E-state index in [0.29, 0.717) is 17.4 Å². The minimum atomic E-state index is -3.45. The second kappa shape index (κ2) is 6.56. The van der Waals surface area contributed by atoms with Crippen molar-refractivity contribution in [3.8, 4) is 0 Å². The van der Waals surface area contributed by atoms with Gasteiger partial charge in [0, 0.05) is 22.3 Å². The molecule has 1 aromatic heterocycles. The van der Waals surface area contributed by atoms with Gasteiger partial charge >= 0.3 is 0 Å². The Kier molecular flexibility index (Phi) is 5.23. The monoisotopic (exact) mass is 316 g/mol. The van der Waals surface area contributed by atoms with Crippen LogP contribution in [0.15, 0.2) is 11.0 Å². The average Bonchev–Trinajstić information content (AvgIpc) is 2.77. The smallest absolute Gasteiger partial charge is 0.241 e. The molecule has 0 aliphatic heterocycles. The zero-order valence-electron chi connectivity index (χ0n) is 12.2. The molecule has 1 heterocycles. The van der Waals surface area contributed by atoms with Gasteiger partial charge in [-0.25, -0.2) is 13.1 Å². The summed E-state index contributed by atoms with van der Waals surface area (Å²) in [6.45, 7) is 4.15. The van der Waals surface area contributed by atoms with E-state index in [0.717, 1.165) is 22.6 Å². The molecule has 3 N–H and O–H groups in total. The van der Waals surface area contributed by atoms with E-state index in [9.17, 15) is 8.42 Å². The number of nitrogens with two attached hydrogens (primary N) is 1. The summed E-state index contributed by atoms with van der Waals surface area (Å²) in [6, 6.07) is 1.61. The summed E-state index contributed by atoms with van der Waals surface area (Å²) in [6.07, 6.45) is 5.76. The van der Waals surface area contributed by atoms with E-state index in [-0.39, 0.29) is 6.04 Å². The first-order valence-corrected chi connectivity index (χ1v) is 9.53. The van der Waals surface area contributed by atoms with Crippen LogP contribution in [0.25, 0.3) is 0 Å². The summed E-state index contributed by atoms with van der Waals surface area (Å²) in [5.41, 5.74) is 5.81. The number of thiophene rings is 1. The van der Waals surface area contributed by atoms with Crippen LogP contribution < -0.4 is 10.5 Å². The van der Waals surface area contributed by atoms with Crippen LogP contribution in [-0.4, -0.2) is 21.0 Å². The Labute approximate surface area is 125 Å². The molecule has 20 heavy (non-hydrogen) atoms. The zero-order valence-corrected chi connectivity index (χ0v) is 13.8. The van der Waals surface area contributed by atoms with Crippen molar-refractivity contribution in [1.82, 2.24) is 4.72 Å². The minimum Gasteiger partial charge on any atom is -0.329 e. The second-order valence-corrected chi connectivity index (χ2v) is 8.78. The van der Waals surface area contributed by atoms with Crippen LogP contribution in [0.5, 0.6) is 0 Å². The molecule has 0 radical (unpaired) electrons. The van der Waals surface area contributed by atoms with Crippen LogP contribution in [0, 0.1) is 19.8 Å². The van der Waals surface area contributed by atoms with Gasteiger partial charge < -0.3 is 5.73 Å². The highest BCUT2D eigenvalue weighted by molar-refractivity contribution is 7.89. The SMILES string of the molecule is Cc1cc(S(=O)(=O)NC(CN)C2CCCCC2)c(C)s1. The molecule has 0 amide bonds. The van der Waals surface area contributed by atoms with Crippen molar-refractivity contribution in [2.75, 3.05) is 6.54 Å². The molecule has 0 aromatic carbocycles. The first-order valence-electron chi connectivity index (χ1n) is 7.23. The summed E-state index contributed by atoms with van der Waals surface area (Å²) >= 11 is 1.52. The van der Waals surface area contributed by atoms with Crippen molar-refractivity contribution in [1.29, 1.82) is 0 Å². The summed E-state index contributed by atoms with van der Waals surface area (Å²) in [5, 5.41) is 0. The van der Waals surface area contributed by atoms with E-state index < -0.39 is 10.0 Å². The van der Waals surface area contributed by atoms with Crippen molar-refractivity contribution in [3.63, 3.8) is 0 Å². The van der Waals surface area contributed by atoms with Crippen molar-refractivity contribution >= 4 is 21.4 Å². The maximum Gasteiger partial charge on any atom is 0.241 e. The molecule has 1 unspecified atom stereocenters. The fourth-order valence-corrected chi connectivity index (χ4v) is 5.88. The lowest BCUT2D eigenvalue weighted by Gasteiger charge is -2.29. The van der Waals surface area contributed by atoms with E-state index >= 15 is 0 Å². The lowest BCUT2D eigenvalue weighted by atomic mass is 9.84. The topological polar surface area (TPSA) is 72.2 Å². The molecule has 0 saturated heterocycles. The van der Waals surface area contributed by atoms with E-state index in [1.165, 1.54) is 30.6 Å². The van der Waals surface area contributed by atoms with Crippen molar-refractivity contribution in [2.24, 2.45) is 11.7 Å². The Hall–Kier alpha value is -0.430. The summed E-state index contributed by atoms with van der Waals surface area (Å²) in [5.74, 6) is 0.378.